The second kappa shape index (κ2) is 9.56. The molecule has 1 heterocycles. The van der Waals surface area contributed by atoms with Gasteiger partial charge in [0.2, 0.25) is 11.8 Å². The Morgan fingerprint density at radius 1 is 1.00 bits per heavy atom. The van der Waals surface area contributed by atoms with Crippen molar-refractivity contribution in [2.45, 2.75) is 18.8 Å². The minimum atomic E-state index is -0.614. The van der Waals surface area contributed by atoms with Gasteiger partial charge in [0.1, 0.15) is 5.92 Å². The van der Waals surface area contributed by atoms with Crippen LogP contribution in [0.1, 0.15) is 29.0 Å². The first-order chi connectivity index (χ1) is 16.0. The van der Waals surface area contributed by atoms with Gasteiger partial charge in [-0.1, -0.05) is 42.5 Å². The molecule has 33 heavy (non-hydrogen) atoms. The summed E-state index contributed by atoms with van der Waals surface area (Å²) in [6.07, 6.45) is 0.868. The molecule has 0 aromatic heterocycles. The smallest absolute Gasteiger partial charge is 0.238 e. The van der Waals surface area contributed by atoms with Crippen LogP contribution in [0.4, 0.5) is 11.4 Å². The van der Waals surface area contributed by atoms with Crippen molar-refractivity contribution in [2.75, 3.05) is 19.5 Å². The van der Waals surface area contributed by atoms with Gasteiger partial charge in [0.25, 0.3) is 0 Å². The summed E-state index contributed by atoms with van der Waals surface area (Å²) in [6.45, 7) is 0. The number of nitrogens with two attached hydrogens (primary N) is 1. The van der Waals surface area contributed by atoms with Gasteiger partial charge in [-0.2, -0.15) is 0 Å². The number of fused-ring (bicyclic) bond motifs is 1. The highest BCUT2D eigenvalue weighted by Crippen LogP contribution is 2.42. The van der Waals surface area contributed by atoms with Crippen LogP contribution in [0.3, 0.4) is 0 Å². The minimum absolute atomic E-state index is 0.166. The topological polar surface area (TPSA) is 103 Å². The van der Waals surface area contributed by atoms with Crippen molar-refractivity contribution in [3.8, 4) is 11.5 Å². The van der Waals surface area contributed by atoms with Crippen molar-refractivity contribution in [3.05, 3.63) is 83.4 Å². The Morgan fingerprint density at radius 3 is 2.30 bits per heavy atom. The third-order valence-electron chi connectivity index (χ3n) is 5.58. The van der Waals surface area contributed by atoms with E-state index in [2.05, 4.69) is 5.32 Å². The fourth-order valence-electron chi connectivity index (χ4n) is 3.91. The number of hydrogen-bond acceptors (Lipinski definition) is 5. The van der Waals surface area contributed by atoms with Crippen LogP contribution >= 0.6 is 0 Å². The SMILES string of the molecule is COc1cc2c(cc1OC)C(C(=Nc1ccc(CCC(N)=O)cc1)c1ccccc1)C(=O)N2. The van der Waals surface area contributed by atoms with E-state index in [0.717, 1.165) is 16.7 Å². The molecule has 0 fully saturated rings. The minimum Gasteiger partial charge on any atom is -0.493 e. The molecule has 3 aromatic carbocycles. The number of methoxy groups -OCH3 is 2. The van der Waals surface area contributed by atoms with E-state index < -0.39 is 5.92 Å². The monoisotopic (exact) mass is 443 g/mol. The predicted octanol–water partition coefficient (Wildman–Crippen LogP) is 3.98. The molecule has 2 amide bonds. The third-order valence-corrected chi connectivity index (χ3v) is 5.58. The van der Waals surface area contributed by atoms with E-state index in [0.29, 0.717) is 41.4 Å². The first-order valence-corrected chi connectivity index (χ1v) is 10.6. The van der Waals surface area contributed by atoms with Gasteiger partial charge in [-0.15, -0.1) is 0 Å². The van der Waals surface area contributed by atoms with E-state index in [1.54, 1.807) is 20.3 Å². The number of aliphatic imine (C=N–C) groups is 1. The molecule has 3 aromatic rings. The van der Waals surface area contributed by atoms with Crippen molar-refractivity contribution in [3.63, 3.8) is 0 Å². The number of hydrogen-bond donors (Lipinski definition) is 2. The molecule has 0 saturated carbocycles. The number of nitrogens with zero attached hydrogens (tertiary/aromatic N) is 1. The van der Waals surface area contributed by atoms with Crippen LogP contribution < -0.4 is 20.5 Å². The second-order valence-corrected chi connectivity index (χ2v) is 7.71. The largest absolute Gasteiger partial charge is 0.493 e. The molecule has 4 rings (SSSR count). The predicted molar refractivity (Wildman–Crippen MR) is 128 cm³/mol. The van der Waals surface area contributed by atoms with Crippen LogP contribution in [0.5, 0.6) is 11.5 Å². The molecule has 0 spiro atoms. The first kappa shape index (κ1) is 22.1. The normalized spacial score (nSPS) is 15.0. The summed E-state index contributed by atoms with van der Waals surface area (Å²) in [5.41, 5.74) is 9.87. The summed E-state index contributed by atoms with van der Waals surface area (Å²) in [4.78, 5) is 29.1. The molecule has 168 valence electrons. The van der Waals surface area contributed by atoms with Gasteiger partial charge in [-0.25, -0.2) is 0 Å². The van der Waals surface area contributed by atoms with E-state index in [9.17, 15) is 9.59 Å². The molecule has 7 nitrogen and oxygen atoms in total. The van der Waals surface area contributed by atoms with E-state index in [4.69, 9.17) is 20.2 Å². The lowest BCUT2D eigenvalue weighted by atomic mass is 9.90. The van der Waals surface area contributed by atoms with Crippen molar-refractivity contribution in [2.24, 2.45) is 10.7 Å². The zero-order valence-corrected chi connectivity index (χ0v) is 18.5. The van der Waals surface area contributed by atoms with E-state index in [-0.39, 0.29) is 11.8 Å². The van der Waals surface area contributed by atoms with Crippen molar-refractivity contribution < 1.29 is 19.1 Å². The van der Waals surface area contributed by atoms with Crippen molar-refractivity contribution >= 4 is 28.9 Å². The molecule has 1 aliphatic heterocycles. The lowest BCUT2D eigenvalue weighted by molar-refractivity contribution is -0.118. The van der Waals surface area contributed by atoms with Crippen LogP contribution in [-0.4, -0.2) is 31.7 Å². The summed E-state index contributed by atoms with van der Waals surface area (Å²) in [5, 5.41) is 2.95. The Balaban J connectivity index is 1.77. The van der Waals surface area contributed by atoms with E-state index in [1.807, 2.05) is 60.7 Å². The number of benzene rings is 3. The van der Waals surface area contributed by atoms with Crippen LogP contribution in [0.25, 0.3) is 0 Å². The van der Waals surface area contributed by atoms with Gasteiger partial charge in [-0.05, 0) is 41.3 Å². The zero-order valence-electron chi connectivity index (χ0n) is 18.5. The van der Waals surface area contributed by atoms with Crippen molar-refractivity contribution in [1.29, 1.82) is 0 Å². The molecule has 1 atom stereocenters. The molecule has 7 heteroatoms. The number of amides is 2. The third kappa shape index (κ3) is 4.72. The van der Waals surface area contributed by atoms with Gasteiger partial charge in [0.15, 0.2) is 11.5 Å². The highest BCUT2D eigenvalue weighted by atomic mass is 16.5. The molecule has 0 bridgehead atoms. The lowest BCUT2D eigenvalue weighted by Crippen LogP contribution is -2.22. The standard InChI is InChI=1S/C26H25N3O4/c1-32-21-14-19-20(15-22(21)33-2)29-26(31)24(19)25(17-6-4-3-5-7-17)28-18-11-8-16(9-12-18)10-13-23(27)30/h3-9,11-12,14-15,24H,10,13H2,1-2H3,(H2,27,30)(H,29,31). The molecular weight excluding hydrogens is 418 g/mol. The van der Waals surface area contributed by atoms with Crippen LogP contribution in [0, 0.1) is 0 Å². The molecule has 3 N–H and O–H groups in total. The summed E-state index contributed by atoms with van der Waals surface area (Å²) in [7, 11) is 3.12. The summed E-state index contributed by atoms with van der Waals surface area (Å²) >= 11 is 0. The highest BCUT2D eigenvalue weighted by Gasteiger charge is 2.36. The number of nitrogens with one attached hydrogen (secondary N) is 1. The fraction of sp³-hybridized carbons (Fsp3) is 0.192. The van der Waals surface area contributed by atoms with Gasteiger partial charge in [0, 0.05) is 18.2 Å². The maximum Gasteiger partial charge on any atom is 0.238 e. The number of aryl methyl sites for hydroxylation is 1. The summed E-state index contributed by atoms with van der Waals surface area (Å²) < 4.78 is 10.8. The van der Waals surface area contributed by atoms with Crippen LogP contribution in [0.15, 0.2) is 71.7 Å². The Hall–Kier alpha value is -4.13. The van der Waals surface area contributed by atoms with E-state index >= 15 is 0 Å². The second-order valence-electron chi connectivity index (χ2n) is 7.71. The van der Waals surface area contributed by atoms with Crippen LogP contribution in [0.2, 0.25) is 0 Å². The highest BCUT2D eigenvalue weighted by molar-refractivity contribution is 6.24. The number of rotatable bonds is 8. The Bertz CT molecular complexity index is 1200. The quantitative estimate of drug-likeness (QED) is 0.514. The summed E-state index contributed by atoms with van der Waals surface area (Å²) in [5.74, 6) is -0.0231. The number of ether oxygens (including phenoxy) is 2. The Labute approximate surface area is 192 Å². The molecule has 0 aliphatic carbocycles. The fourth-order valence-corrected chi connectivity index (χ4v) is 3.91. The maximum atomic E-state index is 13.1. The number of carbonyl (C=O) groups is 2. The molecular formula is C26H25N3O4. The van der Waals surface area contributed by atoms with Gasteiger partial charge in [-0.3, -0.25) is 14.6 Å². The number of primary amides is 1. The first-order valence-electron chi connectivity index (χ1n) is 10.6. The number of anilines is 1. The summed E-state index contributed by atoms with van der Waals surface area (Å²) in [6, 6.07) is 20.8. The van der Waals surface area contributed by atoms with Gasteiger partial charge in [0.05, 0.1) is 25.6 Å². The molecule has 0 saturated heterocycles. The van der Waals surface area contributed by atoms with Crippen LogP contribution in [-0.2, 0) is 16.0 Å². The van der Waals surface area contributed by atoms with Gasteiger partial charge >= 0.3 is 0 Å². The molecule has 1 unspecified atom stereocenters. The maximum absolute atomic E-state index is 13.1. The number of carbonyl (C=O) groups excluding carboxylic acids is 2. The lowest BCUT2D eigenvalue weighted by Gasteiger charge is -2.15. The molecule has 1 aliphatic rings. The van der Waals surface area contributed by atoms with E-state index in [1.165, 1.54) is 0 Å². The Morgan fingerprint density at radius 2 is 1.67 bits per heavy atom. The average Bonchev–Trinajstić information content (AvgIpc) is 3.15. The van der Waals surface area contributed by atoms with Crippen molar-refractivity contribution in [1.82, 2.24) is 0 Å². The zero-order chi connectivity index (χ0) is 23.4. The molecule has 0 radical (unpaired) electrons. The van der Waals surface area contributed by atoms with Gasteiger partial charge < -0.3 is 20.5 Å². The Kier molecular flexibility index (Phi) is 6.40. The average molecular weight is 444 g/mol.